The van der Waals surface area contributed by atoms with E-state index in [1.165, 1.54) is 67.3 Å². The Hall–Kier alpha value is -3.92. The van der Waals surface area contributed by atoms with Gasteiger partial charge in [-0.3, -0.25) is 0 Å². The summed E-state index contributed by atoms with van der Waals surface area (Å²) in [4.78, 5) is 7.25. The molecule has 0 atom stereocenters. The first kappa shape index (κ1) is 66.4. The summed E-state index contributed by atoms with van der Waals surface area (Å²) < 4.78 is 11.6. The molecule has 416 valence electrons. The molecule has 0 saturated heterocycles. The Morgan fingerprint density at radius 2 is 0.513 bits per heavy atom. The summed E-state index contributed by atoms with van der Waals surface area (Å²) in [5, 5.41) is 1.12. The van der Waals surface area contributed by atoms with Crippen LogP contribution in [0.25, 0.3) is 22.7 Å². The largest absolute Gasteiger partial charge is 1.00 e. The van der Waals surface area contributed by atoms with Crippen molar-refractivity contribution in [1.29, 1.82) is 0 Å². The summed E-state index contributed by atoms with van der Waals surface area (Å²) in [7, 11) is 0. The van der Waals surface area contributed by atoms with Crippen molar-refractivity contribution in [3.8, 4) is 22.7 Å². The molecule has 4 heterocycles. The van der Waals surface area contributed by atoms with E-state index in [1.54, 1.807) is 36.7 Å². The molecule has 4 aromatic carbocycles. The summed E-state index contributed by atoms with van der Waals surface area (Å²) in [5.74, 6) is 3.67. The van der Waals surface area contributed by atoms with Gasteiger partial charge in [0.05, 0.1) is 0 Å². The molecule has 0 aliphatic heterocycles. The van der Waals surface area contributed by atoms with Crippen LogP contribution in [0.5, 0.6) is 0 Å². The van der Waals surface area contributed by atoms with Gasteiger partial charge in [0, 0.05) is 0 Å². The summed E-state index contributed by atoms with van der Waals surface area (Å²) in [5.41, 5.74) is 16.4. The normalized spacial score (nSPS) is 11.1. The molecule has 4 aromatic heterocycles. The van der Waals surface area contributed by atoms with Gasteiger partial charge in [-0.2, -0.15) is 12.1 Å². The second kappa shape index (κ2) is 31.0. The van der Waals surface area contributed by atoms with Crippen LogP contribution in [0, 0.1) is 20.2 Å². The van der Waals surface area contributed by atoms with E-state index in [2.05, 4.69) is 286 Å². The quantitative estimate of drug-likeness (QED) is 0.0904. The minimum Gasteiger partial charge on any atom is -1.00 e. The van der Waals surface area contributed by atoms with Crippen LogP contribution >= 0.6 is 23.2 Å². The number of pyridine rings is 2. The molecule has 76 heavy (non-hydrogen) atoms. The maximum absolute atomic E-state index is 5.42. The molecular weight excluding hydrogens is 1210 g/mol. The predicted molar refractivity (Wildman–Crippen MR) is 306 cm³/mol. The van der Waals surface area contributed by atoms with Crippen LogP contribution in [0.1, 0.15) is 203 Å². The molecule has 8 rings (SSSR count). The zero-order chi connectivity index (χ0) is 54.6. The van der Waals surface area contributed by atoms with E-state index < -0.39 is 0 Å². The molecule has 0 fully saturated rings. The first-order valence-electron chi connectivity index (χ1n) is 26.1. The third-order valence-corrected chi connectivity index (χ3v) is 14.9. The van der Waals surface area contributed by atoms with Gasteiger partial charge in [0.25, 0.3) is 0 Å². The van der Waals surface area contributed by atoms with Crippen molar-refractivity contribution in [3.63, 3.8) is 0 Å². The van der Waals surface area contributed by atoms with Gasteiger partial charge in [-0.05, 0) is 0 Å². The number of hydrogen-bond acceptors (Lipinski definition) is 2. The standard InChI is InChI=1S/2C27H36N2.2C5H3ClN.2ClH.2Pd/c2*1-18(2)22-11-9-12-23(19(3)4)26(22)28-15-16-29(17-28)27-24(20(5)6)13-10-14-25(27)21(7)8;2*6-5-2-1-3-7-4-5;;;;/h2*9-16,18-21H,1-8H3;2*1-3H;2*1H;;/q;;2*-1;;;;/p-2. The van der Waals surface area contributed by atoms with Crippen LogP contribution in [0.15, 0.2) is 134 Å². The Morgan fingerprint density at radius 3 is 0.632 bits per heavy atom. The maximum Gasteiger partial charge on any atom is -0.0535 e. The first-order chi connectivity index (χ1) is 35.1. The Kier molecular flexibility index (Phi) is 27.1. The summed E-state index contributed by atoms with van der Waals surface area (Å²) in [6, 6.07) is 34.0. The van der Waals surface area contributed by atoms with Crippen molar-refractivity contribution < 1.29 is 62.3 Å². The number of hydrogen-bond donors (Lipinski definition) is 0. The number of benzene rings is 4. The van der Waals surface area contributed by atoms with Crippen LogP contribution in [-0.4, -0.2) is 28.2 Å². The Labute approximate surface area is 499 Å². The van der Waals surface area contributed by atoms with Gasteiger partial charge in [0.15, 0.2) is 0 Å². The van der Waals surface area contributed by atoms with Crippen molar-refractivity contribution in [2.75, 3.05) is 0 Å². The van der Waals surface area contributed by atoms with Crippen LogP contribution < -0.4 is 24.8 Å². The molecule has 0 aliphatic carbocycles. The van der Waals surface area contributed by atoms with E-state index in [4.69, 9.17) is 23.2 Å². The molecule has 0 N–H and O–H groups in total. The number of rotatable bonds is 12. The zero-order valence-corrected chi connectivity index (χ0v) is 53.3. The van der Waals surface area contributed by atoms with E-state index in [0.29, 0.717) is 57.4 Å². The molecule has 0 spiro atoms. The molecular formula is C64H78Cl4N6Pd2-4. The Bertz CT molecular complexity index is 2680. The molecule has 8 aromatic rings. The number of para-hydroxylation sites is 4. The molecule has 12 heteroatoms. The third kappa shape index (κ3) is 16.6. The van der Waals surface area contributed by atoms with Gasteiger partial charge in [-0.25, -0.2) is 0 Å². The average Bonchev–Trinajstić information content (AvgIpc) is 3.94. The van der Waals surface area contributed by atoms with Crippen LogP contribution in [0.2, 0.25) is 10.0 Å². The summed E-state index contributed by atoms with van der Waals surface area (Å²) in [6.45, 7) is 36.5. The maximum atomic E-state index is 5.42. The fourth-order valence-electron chi connectivity index (χ4n) is 9.14. The number of nitrogens with zero attached hydrogens (tertiary/aromatic N) is 6. The second-order valence-electron chi connectivity index (χ2n) is 21.1. The van der Waals surface area contributed by atoms with Crippen molar-refractivity contribution in [1.82, 2.24) is 28.2 Å². The van der Waals surface area contributed by atoms with E-state index in [9.17, 15) is 0 Å². The summed E-state index contributed by atoms with van der Waals surface area (Å²) in [6.07, 6.45) is 17.2. The SMILES string of the molecule is CC(C)c1cccc(C(C)C)c1-n1ccn(-c2c(C(C)C)cccc2C(C)C)[c]1=[Pd].CC(C)c1cccc(C(C)C)c1-n1ccn(-c2c(C(C)C)cccc2C(C)C)[c]1=[Pd].Clc1[c-]nccc1.Clc1[c-]nccc1.[Cl-].[Cl-]. The monoisotopic (exact) mass is 1280 g/mol. The predicted octanol–water partition coefficient (Wildman–Crippen LogP) is 12.8. The number of imidazole rings is 2. The van der Waals surface area contributed by atoms with Gasteiger partial charge in [0.2, 0.25) is 0 Å². The molecule has 0 bridgehead atoms. The van der Waals surface area contributed by atoms with Crippen molar-refractivity contribution in [3.05, 3.63) is 209 Å². The van der Waals surface area contributed by atoms with E-state index in [0.717, 1.165) is 7.78 Å². The van der Waals surface area contributed by atoms with Gasteiger partial charge >= 0.3 is 387 Å². The Balaban J connectivity index is 0.000000311. The van der Waals surface area contributed by atoms with Crippen LogP contribution in [-0.2, 0) is 37.5 Å². The molecule has 0 aliphatic rings. The fraction of sp³-hybridized carbons (Fsp3) is 0.375. The topological polar surface area (TPSA) is 45.5 Å². The van der Waals surface area contributed by atoms with E-state index in [1.807, 2.05) is 0 Å². The molecule has 0 saturated carbocycles. The fourth-order valence-corrected chi connectivity index (χ4v) is 10.5. The molecule has 0 unspecified atom stereocenters. The third-order valence-electron chi connectivity index (χ3n) is 12.9. The number of aromatic nitrogens is 6. The van der Waals surface area contributed by atoms with Crippen molar-refractivity contribution in [2.24, 2.45) is 0 Å². The summed E-state index contributed by atoms with van der Waals surface area (Å²) >= 11 is 18.1. The van der Waals surface area contributed by atoms with Gasteiger partial charge < -0.3 is 34.8 Å². The Morgan fingerprint density at radius 1 is 0.329 bits per heavy atom. The van der Waals surface area contributed by atoms with Crippen molar-refractivity contribution >= 4 is 23.2 Å². The average molecular weight is 1290 g/mol. The molecule has 6 nitrogen and oxygen atoms in total. The van der Waals surface area contributed by atoms with Crippen LogP contribution in [0.4, 0.5) is 0 Å². The number of halogens is 4. The molecule has 0 radical (unpaired) electrons. The minimum atomic E-state index is 0. The smallest absolute Gasteiger partial charge is 0.0535 e. The van der Waals surface area contributed by atoms with Gasteiger partial charge in [0.1, 0.15) is 0 Å². The van der Waals surface area contributed by atoms with Gasteiger partial charge in [-0.15, -0.1) is 35.3 Å². The first-order valence-corrected chi connectivity index (χ1v) is 28.4. The minimum absolute atomic E-state index is 0. The van der Waals surface area contributed by atoms with Crippen LogP contribution in [0.3, 0.4) is 0 Å². The van der Waals surface area contributed by atoms with Crippen molar-refractivity contribution in [2.45, 2.75) is 158 Å². The van der Waals surface area contributed by atoms with E-state index >= 15 is 0 Å². The van der Waals surface area contributed by atoms with E-state index in [-0.39, 0.29) is 24.8 Å². The van der Waals surface area contributed by atoms with Gasteiger partial charge in [-0.1, -0.05) is 34.8 Å². The molecule has 0 amide bonds. The zero-order valence-electron chi connectivity index (χ0n) is 47.1. The second-order valence-corrected chi connectivity index (χ2v) is 23.3.